The van der Waals surface area contributed by atoms with Gasteiger partial charge in [-0.3, -0.25) is 9.78 Å². The van der Waals surface area contributed by atoms with Crippen molar-refractivity contribution in [3.05, 3.63) is 64.4 Å². The summed E-state index contributed by atoms with van der Waals surface area (Å²) in [6.45, 7) is 6.43. The highest BCUT2D eigenvalue weighted by Gasteiger charge is 2.14. The van der Waals surface area contributed by atoms with Crippen LogP contribution < -0.4 is 10.2 Å². The third-order valence-electron chi connectivity index (χ3n) is 5.52. The SMILES string of the molecule is Cc1nc2ccc(Cl)cc2cc1C(=O)NCc1ccc(N2CCCN(C)CC2)nc1. The van der Waals surface area contributed by atoms with Crippen LogP contribution in [0.3, 0.4) is 0 Å². The van der Waals surface area contributed by atoms with Crippen LogP contribution in [0.5, 0.6) is 0 Å². The molecule has 1 aliphatic rings. The molecule has 156 valence electrons. The number of nitrogens with one attached hydrogen (secondary N) is 1. The fourth-order valence-corrected chi connectivity index (χ4v) is 3.92. The summed E-state index contributed by atoms with van der Waals surface area (Å²) in [7, 11) is 2.16. The molecule has 1 amide bonds. The molecule has 0 saturated carbocycles. The Hall–Kier alpha value is -2.70. The Morgan fingerprint density at radius 1 is 1.13 bits per heavy atom. The number of nitrogens with zero attached hydrogens (tertiary/aromatic N) is 4. The molecule has 0 aliphatic carbocycles. The van der Waals surface area contributed by atoms with E-state index in [1.807, 2.05) is 43.5 Å². The van der Waals surface area contributed by atoms with Gasteiger partial charge in [-0.15, -0.1) is 0 Å². The van der Waals surface area contributed by atoms with Gasteiger partial charge in [0.25, 0.3) is 5.91 Å². The Morgan fingerprint density at radius 2 is 2.00 bits per heavy atom. The molecule has 1 fully saturated rings. The summed E-state index contributed by atoms with van der Waals surface area (Å²) < 4.78 is 0. The summed E-state index contributed by atoms with van der Waals surface area (Å²) >= 11 is 6.08. The van der Waals surface area contributed by atoms with Crippen molar-refractivity contribution in [2.75, 3.05) is 38.1 Å². The molecule has 0 unspecified atom stereocenters. The normalized spacial score (nSPS) is 15.2. The lowest BCUT2D eigenvalue weighted by molar-refractivity contribution is 0.0950. The van der Waals surface area contributed by atoms with Crippen molar-refractivity contribution in [1.29, 1.82) is 0 Å². The minimum Gasteiger partial charge on any atom is -0.355 e. The van der Waals surface area contributed by atoms with Gasteiger partial charge in [-0.1, -0.05) is 17.7 Å². The smallest absolute Gasteiger partial charge is 0.253 e. The molecule has 6 nitrogen and oxygen atoms in total. The molecular weight excluding hydrogens is 398 g/mol. The number of amides is 1. The largest absolute Gasteiger partial charge is 0.355 e. The maximum absolute atomic E-state index is 12.7. The van der Waals surface area contributed by atoms with Crippen LogP contribution in [0.4, 0.5) is 5.82 Å². The van der Waals surface area contributed by atoms with Crippen molar-refractivity contribution in [3.63, 3.8) is 0 Å². The number of aryl methyl sites for hydroxylation is 1. The van der Waals surface area contributed by atoms with E-state index < -0.39 is 0 Å². The molecule has 0 spiro atoms. The summed E-state index contributed by atoms with van der Waals surface area (Å²) in [6, 6.07) is 11.4. The maximum atomic E-state index is 12.7. The molecule has 1 aromatic carbocycles. The van der Waals surface area contributed by atoms with E-state index in [0.29, 0.717) is 22.8 Å². The van der Waals surface area contributed by atoms with Crippen molar-refractivity contribution in [3.8, 4) is 0 Å². The van der Waals surface area contributed by atoms with Crippen molar-refractivity contribution in [2.24, 2.45) is 0 Å². The van der Waals surface area contributed by atoms with Gasteiger partial charge in [-0.05, 0) is 62.8 Å². The average molecular weight is 424 g/mol. The Bertz CT molecular complexity index is 1050. The van der Waals surface area contributed by atoms with Crippen LogP contribution in [0, 0.1) is 6.92 Å². The van der Waals surface area contributed by atoms with E-state index in [1.165, 1.54) is 0 Å². The van der Waals surface area contributed by atoms with E-state index in [2.05, 4.69) is 32.1 Å². The van der Waals surface area contributed by atoms with Gasteiger partial charge in [-0.2, -0.15) is 0 Å². The molecule has 1 N–H and O–H groups in total. The predicted molar refractivity (Wildman–Crippen MR) is 121 cm³/mol. The summed E-state index contributed by atoms with van der Waals surface area (Å²) in [4.78, 5) is 26.5. The zero-order valence-corrected chi connectivity index (χ0v) is 18.1. The highest BCUT2D eigenvalue weighted by molar-refractivity contribution is 6.31. The van der Waals surface area contributed by atoms with E-state index >= 15 is 0 Å². The summed E-state index contributed by atoms with van der Waals surface area (Å²) in [6.07, 6.45) is 2.98. The first-order chi connectivity index (χ1) is 14.5. The summed E-state index contributed by atoms with van der Waals surface area (Å²) in [5.74, 6) is 0.841. The van der Waals surface area contributed by atoms with Crippen molar-refractivity contribution in [1.82, 2.24) is 20.2 Å². The predicted octanol–water partition coefficient (Wildman–Crippen LogP) is 3.66. The van der Waals surface area contributed by atoms with Gasteiger partial charge in [0.15, 0.2) is 0 Å². The zero-order valence-electron chi connectivity index (χ0n) is 17.4. The maximum Gasteiger partial charge on any atom is 0.253 e. The Labute approximate surface area is 181 Å². The van der Waals surface area contributed by atoms with Crippen LogP contribution in [0.1, 0.15) is 28.0 Å². The van der Waals surface area contributed by atoms with E-state index in [1.54, 1.807) is 6.07 Å². The molecule has 3 heterocycles. The standard InChI is InChI=1S/C23H26ClN5O/c1-16-20(13-18-12-19(24)5-6-21(18)27-16)23(30)26-15-17-4-7-22(25-14-17)29-9-3-8-28(2)10-11-29/h4-7,12-14H,3,8-11,15H2,1-2H3,(H,26,30). The number of halogens is 1. The number of hydrogen-bond donors (Lipinski definition) is 1. The first kappa shape index (κ1) is 20.6. The van der Waals surface area contributed by atoms with Gasteiger partial charge in [0, 0.05) is 42.8 Å². The average Bonchev–Trinajstić information content (AvgIpc) is 2.96. The van der Waals surface area contributed by atoms with Crippen LogP contribution in [-0.2, 0) is 6.54 Å². The molecular formula is C23H26ClN5O. The molecule has 3 aromatic rings. The lowest BCUT2D eigenvalue weighted by Crippen LogP contribution is -2.29. The second-order valence-corrected chi connectivity index (χ2v) is 8.25. The summed E-state index contributed by atoms with van der Waals surface area (Å²) in [5.41, 5.74) is 3.05. The molecule has 0 atom stereocenters. The number of carbonyl (C=O) groups is 1. The highest BCUT2D eigenvalue weighted by Crippen LogP contribution is 2.21. The fourth-order valence-electron chi connectivity index (χ4n) is 3.73. The van der Waals surface area contributed by atoms with Crippen LogP contribution in [0.2, 0.25) is 5.02 Å². The monoisotopic (exact) mass is 423 g/mol. The lowest BCUT2D eigenvalue weighted by Gasteiger charge is -2.21. The van der Waals surface area contributed by atoms with E-state index in [4.69, 9.17) is 11.6 Å². The number of aromatic nitrogens is 2. The lowest BCUT2D eigenvalue weighted by atomic mass is 10.1. The first-order valence-electron chi connectivity index (χ1n) is 10.2. The molecule has 7 heteroatoms. The van der Waals surface area contributed by atoms with Gasteiger partial charge in [0.05, 0.1) is 16.8 Å². The van der Waals surface area contributed by atoms with E-state index in [-0.39, 0.29) is 5.91 Å². The topological polar surface area (TPSA) is 61.4 Å². The zero-order chi connectivity index (χ0) is 21.1. The quantitative estimate of drug-likeness (QED) is 0.693. The van der Waals surface area contributed by atoms with Gasteiger partial charge < -0.3 is 15.1 Å². The second-order valence-electron chi connectivity index (χ2n) is 7.81. The van der Waals surface area contributed by atoms with E-state index in [0.717, 1.165) is 54.9 Å². The molecule has 4 rings (SSSR count). The number of fused-ring (bicyclic) bond motifs is 1. The number of rotatable bonds is 4. The summed E-state index contributed by atoms with van der Waals surface area (Å²) in [5, 5.41) is 4.46. The van der Waals surface area contributed by atoms with Crippen LogP contribution in [0.15, 0.2) is 42.6 Å². The Kier molecular flexibility index (Phi) is 6.16. The third kappa shape index (κ3) is 4.71. The number of hydrogen-bond acceptors (Lipinski definition) is 5. The van der Waals surface area contributed by atoms with Crippen molar-refractivity contribution < 1.29 is 4.79 Å². The van der Waals surface area contributed by atoms with Crippen LogP contribution in [0.25, 0.3) is 10.9 Å². The van der Waals surface area contributed by atoms with Gasteiger partial charge in [0.2, 0.25) is 0 Å². The van der Waals surface area contributed by atoms with Gasteiger partial charge in [-0.25, -0.2) is 4.98 Å². The number of anilines is 1. The molecule has 0 bridgehead atoms. The van der Waals surface area contributed by atoms with E-state index in [9.17, 15) is 4.79 Å². The molecule has 2 aromatic heterocycles. The van der Waals surface area contributed by atoms with Crippen LogP contribution >= 0.6 is 11.6 Å². The van der Waals surface area contributed by atoms with Gasteiger partial charge in [0.1, 0.15) is 5.82 Å². The van der Waals surface area contributed by atoms with Crippen molar-refractivity contribution >= 4 is 34.2 Å². The molecule has 1 saturated heterocycles. The molecule has 0 radical (unpaired) electrons. The Morgan fingerprint density at radius 3 is 2.80 bits per heavy atom. The number of likely N-dealkylation sites (N-methyl/N-ethyl adjacent to an activating group) is 1. The first-order valence-corrected chi connectivity index (χ1v) is 10.6. The second kappa shape index (κ2) is 8.98. The molecule has 1 aliphatic heterocycles. The van der Waals surface area contributed by atoms with Crippen molar-refractivity contribution in [2.45, 2.75) is 19.9 Å². The third-order valence-corrected chi connectivity index (χ3v) is 5.75. The molecule has 30 heavy (non-hydrogen) atoms. The minimum absolute atomic E-state index is 0.151. The Balaban J connectivity index is 1.41. The minimum atomic E-state index is -0.151. The highest BCUT2D eigenvalue weighted by atomic mass is 35.5. The van der Waals surface area contributed by atoms with Gasteiger partial charge >= 0.3 is 0 Å². The number of benzene rings is 1. The number of carbonyl (C=O) groups excluding carboxylic acids is 1. The fraction of sp³-hybridized carbons (Fsp3) is 0.348. The van der Waals surface area contributed by atoms with Crippen LogP contribution in [-0.4, -0.2) is 54.0 Å². The number of pyridine rings is 2.